The minimum atomic E-state index is -0.102. The summed E-state index contributed by atoms with van der Waals surface area (Å²) in [7, 11) is 0. The summed E-state index contributed by atoms with van der Waals surface area (Å²) in [5, 5.41) is 4.70. The van der Waals surface area contributed by atoms with Gasteiger partial charge < -0.3 is 5.32 Å². The standard InChI is InChI=1S/C17H15NO2S/c1-12-10-16(21-11-12)17(20)18-9-3-4-14-5-7-15(8-6-14)13(2)19/h5-8,10-11H,9H2,1-2H3,(H,18,20). The summed E-state index contributed by atoms with van der Waals surface area (Å²) >= 11 is 1.42. The van der Waals surface area contributed by atoms with E-state index in [9.17, 15) is 9.59 Å². The summed E-state index contributed by atoms with van der Waals surface area (Å²) in [6.45, 7) is 3.78. The summed E-state index contributed by atoms with van der Waals surface area (Å²) in [4.78, 5) is 23.6. The van der Waals surface area contributed by atoms with Crippen LogP contribution in [0, 0.1) is 18.8 Å². The lowest BCUT2D eigenvalue weighted by molar-refractivity contribution is 0.0961. The molecule has 1 amide bonds. The van der Waals surface area contributed by atoms with Gasteiger partial charge in [-0.05, 0) is 43.0 Å². The summed E-state index contributed by atoms with van der Waals surface area (Å²) in [5.41, 5.74) is 2.57. The topological polar surface area (TPSA) is 46.2 Å². The Morgan fingerprint density at radius 1 is 1.24 bits per heavy atom. The number of ketones is 1. The van der Waals surface area contributed by atoms with E-state index in [0.29, 0.717) is 17.0 Å². The lowest BCUT2D eigenvalue weighted by atomic mass is 10.1. The number of aryl methyl sites for hydroxylation is 1. The van der Waals surface area contributed by atoms with Crippen LogP contribution in [0.15, 0.2) is 35.7 Å². The molecule has 106 valence electrons. The molecule has 2 rings (SSSR count). The second-order valence-corrected chi connectivity index (χ2v) is 5.52. The fraction of sp³-hybridized carbons (Fsp3) is 0.176. The highest BCUT2D eigenvalue weighted by molar-refractivity contribution is 7.12. The van der Waals surface area contributed by atoms with Gasteiger partial charge in [-0.1, -0.05) is 24.0 Å². The van der Waals surface area contributed by atoms with Gasteiger partial charge in [-0.2, -0.15) is 0 Å². The molecule has 0 fully saturated rings. The number of carbonyl (C=O) groups is 2. The third-order valence-electron chi connectivity index (χ3n) is 2.82. The Morgan fingerprint density at radius 2 is 1.95 bits per heavy atom. The zero-order valence-electron chi connectivity index (χ0n) is 11.9. The van der Waals surface area contributed by atoms with Crippen molar-refractivity contribution in [2.75, 3.05) is 6.54 Å². The molecule has 0 radical (unpaired) electrons. The highest BCUT2D eigenvalue weighted by Crippen LogP contribution is 2.12. The van der Waals surface area contributed by atoms with E-state index in [4.69, 9.17) is 0 Å². The van der Waals surface area contributed by atoms with Crippen LogP contribution in [0.4, 0.5) is 0 Å². The van der Waals surface area contributed by atoms with Crippen LogP contribution >= 0.6 is 11.3 Å². The second kappa shape index (κ2) is 6.87. The fourth-order valence-electron chi connectivity index (χ4n) is 1.70. The van der Waals surface area contributed by atoms with Crippen molar-refractivity contribution in [2.24, 2.45) is 0 Å². The Morgan fingerprint density at radius 3 is 2.52 bits per heavy atom. The molecule has 21 heavy (non-hydrogen) atoms. The van der Waals surface area contributed by atoms with E-state index in [1.807, 2.05) is 18.4 Å². The third kappa shape index (κ3) is 4.30. The average molecular weight is 297 g/mol. The molecule has 1 aromatic carbocycles. The van der Waals surface area contributed by atoms with Crippen molar-refractivity contribution in [3.63, 3.8) is 0 Å². The SMILES string of the molecule is CC(=O)c1ccc(C#CCNC(=O)c2cc(C)cs2)cc1. The molecule has 0 bridgehead atoms. The number of hydrogen-bond donors (Lipinski definition) is 1. The van der Waals surface area contributed by atoms with Gasteiger partial charge in [-0.15, -0.1) is 11.3 Å². The molecule has 4 heteroatoms. The van der Waals surface area contributed by atoms with Gasteiger partial charge in [0.2, 0.25) is 0 Å². The van der Waals surface area contributed by atoms with Gasteiger partial charge in [0.15, 0.2) is 5.78 Å². The van der Waals surface area contributed by atoms with E-state index in [1.54, 1.807) is 24.3 Å². The number of Topliss-reactive ketones (excluding diaryl/α,β-unsaturated/α-hetero) is 1. The summed E-state index contributed by atoms with van der Waals surface area (Å²) in [6.07, 6.45) is 0. The smallest absolute Gasteiger partial charge is 0.262 e. The molecular weight excluding hydrogens is 282 g/mol. The van der Waals surface area contributed by atoms with Gasteiger partial charge >= 0.3 is 0 Å². The van der Waals surface area contributed by atoms with Gasteiger partial charge in [0.1, 0.15) is 0 Å². The second-order valence-electron chi connectivity index (χ2n) is 4.61. The zero-order valence-corrected chi connectivity index (χ0v) is 12.7. The highest BCUT2D eigenvalue weighted by atomic mass is 32.1. The molecule has 0 aliphatic carbocycles. The fourth-order valence-corrected chi connectivity index (χ4v) is 2.51. The first-order chi connectivity index (χ1) is 10.1. The normalized spacial score (nSPS) is 9.62. The van der Waals surface area contributed by atoms with Crippen LogP contribution in [-0.4, -0.2) is 18.2 Å². The zero-order chi connectivity index (χ0) is 15.2. The van der Waals surface area contributed by atoms with Crippen LogP contribution in [0.25, 0.3) is 0 Å². The van der Waals surface area contributed by atoms with Crippen LogP contribution in [0.5, 0.6) is 0 Å². The molecule has 0 unspecified atom stereocenters. The maximum Gasteiger partial charge on any atom is 0.262 e. The van der Waals surface area contributed by atoms with Gasteiger partial charge in [-0.3, -0.25) is 9.59 Å². The van der Waals surface area contributed by atoms with Crippen molar-refractivity contribution < 1.29 is 9.59 Å². The molecule has 0 saturated carbocycles. The van der Waals surface area contributed by atoms with E-state index >= 15 is 0 Å². The molecule has 0 aliphatic heterocycles. The maximum absolute atomic E-state index is 11.8. The molecule has 0 spiro atoms. The van der Waals surface area contributed by atoms with Crippen molar-refractivity contribution in [3.8, 4) is 11.8 Å². The molecule has 0 atom stereocenters. The van der Waals surface area contributed by atoms with E-state index in [0.717, 1.165) is 11.1 Å². The monoisotopic (exact) mass is 297 g/mol. The third-order valence-corrected chi connectivity index (χ3v) is 3.86. The van der Waals surface area contributed by atoms with Crippen LogP contribution in [0.3, 0.4) is 0 Å². The van der Waals surface area contributed by atoms with Crippen LogP contribution in [0.2, 0.25) is 0 Å². The molecule has 2 aromatic rings. The molecule has 1 aromatic heterocycles. The summed E-state index contributed by atoms with van der Waals surface area (Å²) in [6, 6.07) is 8.95. The van der Waals surface area contributed by atoms with E-state index in [2.05, 4.69) is 17.2 Å². The Hall–Kier alpha value is -2.38. The molecule has 0 saturated heterocycles. The van der Waals surface area contributed by atoms with Crippen LogP contribution in [0.1, 0.15) is 38.1 Å². The first kappa shape index (κ1) is 15.0. The summed E-state index contributed by atoms with van der Waals surface area (Å²) in [5.74, 6) is 5.78. The lowest BCUT2D eigenvalue weighted by Crippen LogP contribution is -2.22. The van der Waals surface area contributed by atoms with Crippen LogP contribution in [-0.2, 0) is 0 Å². The summed E-state index contributed by atoms with van der Waals surface area (Å²) < 4.78 is 0. The van der Waals surface area contributed by atoms with Gasteiger partial charge in [-0.25, -0.2) is 0 Å². The maximum atomic E-state index is 11.8. The van der Waals surface area contributed by atoms with Gasteiger partial charge in [0.25, 0.3) is 5.91 Å². The molecular formula is C17H15NO2S. The number of amides is 1. The Bertz CT molecular complexity index is 717. The van der Waals surface area contributed by atoms with E-state index in [1.165, 1.54) is 18.3 Å². The Balaban J connectivity index is 1.89. The Kier molecular flexibility index (Phi) is 4.91. The largest absolute Gasteiger partial charge is 0.340 e. The van der Waals surface area contributed by atoms with Crippen molar-refractivity contribution in [3.05, 3.63) is 57.3 Å². The lowest BCUT2D eigenvalue weighted by Gasteiger charge is -1.97. The van der Waals surface area contributed by atoms with Crippen molar-refractivity contribution in [2.45, 2.75) is 13.8 Å². The number of benzene rings is 1. The first-order valence-corrected chi connectivity index (χ1v) is 7.37. The van der Waals surface area contributed by atoms with E-state index in [-0.39, 0.29) is 11.7 Å². The molecule has 3 nitrogen and oxygen atoms in total. The molecule has 1 N–H and O–H groups in total. The van der Waals surface area contributed by atoms with Crippen molar-refractivity contribution in [1.29, 1.82) is 0 Å². The average Bonchev–Trinajstić information content (AvgIpc) is 2.90. The first-order valence-electron chi connectivity index (χ1n) is 6.49. The minimum absolute atomic E-state index is 0.0352. The predicted octanol–water partition coefficient (Wildman–Crippen LogP) is 3.04. The van der Waals surface area contributed by atoms with Crippen molar-refractivity contribution >= 4 is 23.0 Å². The Labute approximate surface area is 128 Å². The molecule has 1 heterocycles. The van der Waals surface area contributed by atoms with Gasteiger partial charge in [0, 0.05) is 11.1 Å². The molecule has 0 aliphatic rings. The number of carbonyl (C=O) groups excluding carboxylic acids is 2. The number of nitrogens with one attached hydrogen (secondary N) is 1. The number of thiophene rings is 1. The highest BCUT2D eigenvalue weighted by Gasteiger charge is 2.05. The van der Waals surface area contributed by atoms with E-state index < -0.39 is 0 Å². The quantitative estimate of drug-likeness (QED) is 0.699. The minimum Gasteiger partial charge on any atom is -0.340 e. The number of hydrogen-bond acceptors (Lipinski definition) is 3. The van der Waals surface area contributed by atoms with Crippen molar-refractivity contribution in [1.82, 2.24) is 5.32 Å². The van der Waals surface area contributed by atoms with Gasteiger partial charge in [0.05, 0.1) is 11.4 Å². The predicted molar refractivity (Wildman–Crippen MR) is 84.7 cm³/mol. The van der Waals surface area contributed by atoms with Crippen LogP contribution < -0.4 is 5.32 Å². The number of rotatable bonds is 3.